The number of ether oxygens (including phenoxy) is 2. The molecule has 9 heteroatoms. The Morgan fingerprint density at radius 3 is 2.38 bits per heavy atom. The van der Waals surface area contributed by atoms with Gasteiger partial charge in [-0.05, 0) is 36.8 Å². The second-order valence-electron chi connectivity index (χ2n) is 8.81. The maximum absolute atomic E-state index is 13.6. The van der Waals surface area contributed by atoms with Crippen LogP contribution in [-0.2, 0) is 27.4 Å². The normalized spacial score (nSPS) is 10.7. The summed E-state index contributed by atoms with van der Waals surface area (Å²) in [6.45, 7) is 1.47. The van der Waals surface area contributed by atoms with E-state index in [4.69, 9.17) is 9.47 Å². The number of aryl methyl sites for hydroxylation is 1. The molecule has 0 aliphatic heterocycles. The highest BCUT2D eigenvalue weighted by Crippen LogP contribution is 2.30. The van der Waals surface area contributed by atoms with Gasteiger partial charge in [-0.2, -0.15) is 5.10 Å². The van der Waals surface area contributed by atoms with Gasteiger partial charge in [-0.1, -0.05) is 66.7 Å². The van der Waals surface area contributed by atoms with Gasteiger partial charge in [0.25, 0.3) is 5.56 Å². The summed E-state index contributed by atoms with van der Waals surface area (Å²) in [5.41, 5.74) is 2.32. The molecule has 0 unspecified atom stereocenters. The van der Waals surface area contributed by atoms with Crippen LogP contribution in [0.5, 0.6) is 0 Å². The Bertz CT molecular complexity index is 1710. The molecule has 0 atom stereocenters. The van der Waals surface area contributed by atoms with Crippen LogP contribution in [0.15, 0.2) is 102 Å². The van der Waals surface area contributed by atoms with Gasteiger partial charge in [-0.25, -0.2) is 14.3 Å². The highest BCUT2D eigenvalue weighted by Gasteiger charge is 2.26. The summed E-state index contributed by atoms with van der Waals surface area (Å²) >= 11 is 0. The van der Waals surface area contributed by atoms with Crippen molar-refractivity contribution < 1.29 is 19.1 Å². The lowest BCUT2D eigenvalue weighted by atomic mass is 10.0. The van der Waals surface area contributed by atoms with Crippen molar-refractivity contribution in [3.8, 4) is 11.3 Å². The molecule has 5 rings (SSSR count). The van der Waals surface area contributed by atoms with Gasteiger partial charge in [0.05, 0.1) is 5.52 Å². The number of carbonyl (C=O) groups excluding carboxylic acids is 2. The molecule has 5 aromatic rings. The van der Waals surface area contributed by atoms with Crippen molar-refractivity contribution in [1.29, 1.82) is 0 Å². The minimum atomic E-state index is -0.885. The Hall–Kier alpha value is -5.31. The monoisotopic (exact) mass is 534 g/mol. The van der Waals surface area contributed by atoms with E-state index in [2.05, 4.69) is 15.4 Å². The lowest BCUT2D eigenvalue weighted by molar-refractivity contribution is -0.148. The van der Waals surface area contributed by atoms with Crippen molar-refractivity contribution in [2.45, 2.75) is 20.1 Å². The maximum Gasteiger partial charge on any atom is 0.344 e. The zero-order valence-corrected chi connectivity index (χ0v) is 21.7. The van der Waals surface area contributed by atoms with Crippen LogP contribution >= 0.6 is 0 Å². The summed E-state index contributed by atoms with van der Waals surface area (Å²) in [4.78, 5) is 43.9. The standard InChI is InChI=1S/C31H26N4O5/c1-2-35-30(37)29(33-25-17-9-16-24-23(25)15-10-18-32-24)27(28(34-35)22-13-7-4-8-14-22)31(38)40-20-26(36)39-19-21-11-5-3-6-12-21/h3-18,33H,2,19-20H2,1H3. The number of hydrogen-bond acceptors (Lipinski definition) is 8. The van der Waals surface area contributed by atoms with E-state index in [1.54, 1.807) is 55.6 Å². The van der Waals surface area contributed by atoms with Crippen LogP contribution < -0.4 is 10.9 Å². The van der Waals surface area contributed by atoms with Crippen molar-refractivity contribution in [3.05, 3.63) is 119 Å². The topological polar surface area (TPSA) is 112 Å². The highest BCUT2D eigenvalue weighted by atomic mass is 16.6. The van der Waals surface area contributed by atoms with Crippen molar-refractivity contribution in [3.63, 3.8) is 0 Å². The molecule has 200 valence electrons. The third-order valence-corrected chi connectivity index (χ3v) is 6.18. The number of fused-ring (bicyclic) bond motifs is 1. The number of aromatic nitrogens is 3. The molecule has 0 aliphatic carbocycles. The van der Waals surface area contributed by atoms with Crippen molar-refractivity contribution in [1.82, 2.24) is 14.8 Å². The van der Waals surface area contributed by atoms with Gasteiger partial charge in [0.2, 0.25) is 0 Å². The number of anilines is 2. The van der Waals surface area contributed by atoms with Crippen LogP contribution in [0.1, 0.15) is 22.8 Å². The number of benzene rings is 3. The summed E-state index contributed by atoms with van der Waals surface area (Å²) in [7, 11) is 0. The van der Waals surface area contributed by atoms with E-state index < -0.39 is 24.1 Å². The smallest absolute Gasteiger partial charge is 0.344 e. The Morgan fingerprint density at radius 2 is 1.62 bits per heavy atom. The summed E-state index contributed by atoms with van der Waals surface area (Å²) < 4.78 is 11.9. The summed E-state index contributed by atoms with van der Waals surface area (Å²) in [6, 6.07) is 27.3. The number of rotatable bonds is 9. The SMILES string of the molecule is CCn1nc(-c2ccccc2)c(C(=O)OCC(=O)OCc2ccccc2)c(Nc2cccc3ncccc23)c1=O. The zero-order chi connectivity index (χ0) is 27.9. The second kappa shape index (κ2) is 12.0. The molecule has 0 saturated carbocycles. The first-order valence-corrected chi connectivity index (χ1v) is 12.7. The highest BCUT2D eigenvalue weighted by molar-refractivity contribution is 6.04. The Morgan fingerprint density at radius 1 is 0.875 bits per heavy atom. The number of nitrogens with one attached hydrogen (secondary N) is 1. The lowest BCUT2D eigenvalue weighted by Gasteiger charge is -2.17. The van der Waals surface area contributed by atoms with Gasteiger partial charge >= 0.3 is 11.9 Å². The van der Waals surface area contributed by atoms with E-state index in [1.807, 2.05) is 48.5 Å². The number of nitrogens with zero attached hydrogens (tertiary/aromatic N) is 3. The summed E-state index contributed by atoms with van der Waals surface area (Å²) in [5, 5.41) is 8.40. The number of pyridine rings is 1. The fourth-order valence-corrected chi connectivity index (χ4v) is 4.22. The summed E-state index contributed by atoms with van der Waals surface area (Å²) in [5.74, 6) is -1.60. The zero-order valence-electron chi connectivity index (χ0n) is 21.7. The second-order valence-corrected chi connectivity index (χ2v) is 8.81. The average Bonchev–Trinajstić information content (AvgIpc) is 3.00. The third-order valence-electron chi connectivity index (χ3n) is 6.18. The van der Waals surface area contributed by atoms with Crippen molar-refractivity contribution in [2.75, 3.05) is 11.9 Å². The lowest BCUT2D eigenvalue weighted by Crippen LogP contribution is -2.29. The van der Waals surface area contributed by atoms with Crippen LogP contribution in [0.25, 0.3) is 22.2 Å². The molecular weight excluding hydrogens is 508 g/mol. The molecule has 0 spiro atoms. The molecule has 2 heterocycles. The Kier molecular flexibility index (Phi) is 7.92. The molecule has 0 amide bonds. The van der Waals surface area contributed by atoms with Gasteiger partial charge in [-0.3, -0.25) is 9.78 Å². The summed E-state index contributed by atoms with van der Waals surface area (Å²) in [6.07, 6.45) is 1.68. The van der Waals surface area contributed by atoms with E-state index in [-0.39, 0.29) is 30.1 Å². The van der Waals surface area contributed by atoms with Crippen LogP contribution in [0.2, 0.25) is 0 Å². The molecule has 0 radical (unpaired) electrons. The fourth-order valence-electron chi connectivity index (χ4n) is 4.22. The minimum absolute atomic E-state index is 0.0188. The first kappa shape index (κ1) is 26.3. The molecule has 1 N–H and O–H groups in total. The van der Waals surface area contributed by atoms with E-state index in [0.29, 0.717) is 16.8 Å². The molecule has 0 bridgehead atoms. The first-order chi connectivity index (χ1) is 19.5. The predicted molar refractivity (Wildman–Crippen MR) is 151 cm³/mol. The van der Waals surface area contributed by atoms with Gasteiger partial charge in [0, 0.05) is 29.4 Å². The largest absolute Gasteiger partial charge is 0.458 e. The molecular formula is C31H26N4O5. The fraction of sp³-hybridized carbons (Fsp3) is 0.129. The predicted octanol–water partition coefficient (Wildman–Crippen LogP) is 5.12. The molecule has 3 aromatic carbocycles. The van der Waals surface area contributed by atoms with Crippen LogP contribution in [-0.4, -0.2) is 33.3 Å². The average molecular weight is 535 g/mol. The number of esters is 2. The Balaban J connectivity index is 1.52. The van der Waals surface area contributed by atoms with Crippen LogP contribution in [0, 0.1) is 0 Å². The van der Waals surface area contributed by atoms with Gasteiger partial charge < -0.3 is 14.8 Å². The quantitative estimate of drug-likeness (QED) is 0.259. The van der Waals surface area contributed by atoms with E-state index in [9.17, 15) is 14.4 Å². The van der Waals surface area contributed by atoms with Gasteiger partial charge in [0.15, 0.2) is 6.61 Å². The van der Waals surface area contributed by atoms with Gasteiger partial charge in [0.1, 0.15) is 23.6 Å². The Labute approximate surface area is 230 Å². The van der Waals surface area contributed by atoms with Crippen molar-refractivity contribution in [2.24, 2.45) is 0 Å². The van der Waals surface area contributed by atoms with Gasteiger partial charge in [-0.15, -0.1) is 0 Å². The van der Waals surface area contributed by atoms with E-state index in [1.165, 1.54) is 4.68 Å². The van der Waals surface area contributed by atoms with E-state index in [0.717, 1.165) is 10.9 Å². The van der Waals surface area contributed by atoms with E-state index >= 15 is 0 Å². The van der Waals surface area contributed by atoms with Crippen LogP contribution in [0.4, 0.5) is 11.4 Å². The molecule has 0 fully saturated rings. The maximum atomic E-state index is 13.6. The first-order valence-electron chi connectivity index (χ1n) is 12.7. The minimum Gasteiger partial charge on any atom is -0.458 e. The van der Waals surface area contributed by atoms with Crippen LogP contribution in [0.3, 0.4) is 0 Å². The molecule has 9 nitrogen and oxygen atoms in total. The molecule has 0 saturated heterocycles. The number of hydrogen-bond donors (Lipinski definition) is 1. The molecule has 40 heavy (non-hydrogen) atoms. The molecule has 2 aromatic heterocycles. The molecule has 0 aliphatic rings. The third kappa shape index (κ3) is 5.73. The van der Waals surface area contributed by atoms with Crippen molar-refractivity contribution >= 4 is 34.2 Å². The number of carbonyl (C=O) groups is 2.